The molecule has 3 N–H and O–H groups in total. The topological polar surface area (TPSA) is 147 Å². The zero-order valence-electron chi connectivity index (χ0n) is 23.8. The van der Waals surface area contributed by atoms with Gasteiger partial charge >= 0.3 is 5.97 Å². The van der Waals surface area contributed by atoms with E-state index in [-0.39, 0.29) is 47.2 Å². The maximum absolute atomic E-state index is 13.5. The lowest BCUT2D eigenvalue weighted by Gasteiger charge is -2.59. The van der Waals surface area contributed by atoms with Gasteiger partial charge in [-0.3, -0.25) is 19.2 Å². The predicted octanol–water partition coefficient (Wildman–Crippen LogP) is 3.05. The number of thioether (sulfide) groups is 1. The van der Waals surface area contributed by atoms with Crippen LogP contribution in [0.3, 0.4) is 0 Å². The van der Waals surface area contributed by atoms with Crippen LogP contribution in [0.4, 0.5) is 0 Å². The van der Waals surface area contributed by atoms with E-state index in [4.69, 9.17) is 4.74 Å². The maximum atomic E-state index is 13.5. The molecule has 0 spiro atoms. The van der Waals surface area contributed by atoms with Crippen molar-refractivity contribution in [3.63, 3.8) is 0 Å². The van der Waals surface area contributed by atoms with Crippen LogP contribution < -0.4 is 5.32 Å². The molecule has 4 rings (SSSR count). The standard InChI is InChI=1S/C30H40BrNO8S/c1-17(33)32-22(16-41-25(37)5-4-12-31)27(38)40-15-24(36)30(39)11-9-21-20-7-6-18-13-19(34)8-10-28(18,2)26(20)23(35)14-29(21,30)3/h8,10,13,20-23,26,35,39H,4-7,9,11-12,14-16H2,1-3H3,(H,32,33)/t20-,21-,22-,23-,26+,28-,29-,30-/m0/s1. The van der Waals surface area contributed by atoms with Crippen LogP contribution >= 0.6 is 27.7 Å². The molecular formula is C30H40BrNO8S. The van der Waals surface area contributed by atoms with Crippen LogP contribution in [0.1, 0.15) is 65.7 Å². The molecule has 226 valence electrons. The van der Waals surface area contributed by atoms with E-state index in [0.29, 0.717) is 24.6 Å². The van der Waals surface area contributed by atoms with Crippen molar-refractivity contribution in [2.45, 2.75) is 83.5 Å². The molecule has 0 aliphatic heterocycles. The minimum atomic E-state index is -1.79. The molecule has 0 bridgehead atoms. The fourth-order valence-electron chi connectivity index (χ4n) is 8.02. The summed E-state index contributed by atoms with van der Waals surface area (Å²) in [5, 5.41) is 26.4. The molecule has 41 heavy (non-hydrogen) atoms. The van der Waals surface area contributed by atoms with Gasteiger partial charge in [-0.2, -0.15) is 0 Å². The Morgan fingerprint density at radius 2 is 1.98 bits per heavy atom. The number of aliphatic hydroxyl groups excluding tert-OH is 1. The van der Waals surface area contributed by atoms with Crippen LogP contribution in [-0.4, -0.2) is 74.2 Å². The Balaban J connectivity index is 1.45. The SMILES string of the molecule is CC(=O)N[C@@H](CSC(=O)CCCBr)C(=O)OCC(=O)[C@@]1(O)CC[C@H]2[C@@H]3CCC4=CC(=O)C=C[C@]4(C)[C@H]3[C@@H](O)C[C@@]21C. The molecule has 0 aromatic carbocycles. The van der Waals surface area contributed by atoms with E-state index in [9.17, 15) is 34.2 Å². The van der Waals surface area contributed by atoms with Crippen LogP contribution in [0.15, 0.2) is 23.8 Å². The predicted molar refractivity (Wildman–Crippen MR) is 157 cm³/mol. The average Bonchev–Trinajstić information content (AvgIpc) is 3.18. The number of esters is 1. The van der Waals surface area contributed by atoms with Crippen molar-refractivity contribution in [3.05, 3.63) is 23.8 Å². The molecule has 11 heteroatoms. The molecule has 0 aromatic heterocycles. The number of hydrogen-bond acceptors (Lipinski definition) is 9. The summed E-state index contributed by atoms with van der Waals surface area (Å²) in [5.74, 6) is -2.12. The summed E-state index contributed by atoms with van der Waals surface area (Å²) in [6.45, 7) is 4.50. The van der Waals surface area contributed by atoms with Crippen molar-refractivity contribution >= 4 is 56.3 Å². The number of halogens is 1. The van der Waals surface area contributed by atoms with E-state index >= 15 is 0 Å². The van der Waals surface area contributed by atoms with E-state index in [1.54, 1.807) is 12.2 Å². The Labute approximate surface area is 253 Å². The molecule has 4 aliphatic rings. The third kappa shape index (κ3) is 6.01. The normalized spacial score (nSPS) is 36.3. The molecule has 3 fully saturated rings. The number of allylic oxidation sites excluding steroid dienone is 4. The van der Waals surface area contributed by atoms with Crippen molar-refractivity contribution in [3.8, 4) is 0 Å². The molecular weight excluding hydrogens is 614 g/mol. The first kappa shape index (κ1) is 32.1. The first-order valence-corrected chi connectivity index (χ1v) is 16.4. The van der Waals surface area contributed by atoms with Crippen LogP contribution in [0.25, 0.3) is 0 Å². The first-order valence-electron chi connectivity index (χ1n) is 14.3. The van der Waals surface area contributed by atoms with Gasteiger partial charge in [-0.15, -0.1) is 0 Å². The van der Waals surface area contributed by atoms with Crippen LogP contribution in [-0.2, 0) is 28.7 Å². The lowest BCUT2D eigenvalue weighted by atomic mass is 9.46. The molecule has 1 amide bonds. The summed E-state index contributed by atoms with van der Waals surface area (Å²) in [6, 6.07) is -1.11. The highest BCUT2D eigenvalue weighted by Gasteiger charge is 2.68. The molecule has 0 heterocycles. The number of nitrogens with one attached hydrogen (secondary N) is 1. The lowest BCUT2D eigenvalue weighted by Crippen LogP contribution is -2.61. The number of amides is 1. The van der Waals surface area contributed by atoms with Gasteiger partial charge in [-0.25, -0.2) is 4.79 Å². The number of rotatable bonds is 10. The highest BCUT2D eigenvalue weighted by atomic mass is 79.9. The minimum absolute atomic E-state index is 0.0255. The number of alkyl halides is 1. The molecule has 0 radical (unpaired) electrons. The molecule has 0 unspecified atom stereocenters. The minimum Gasteiger partial charge on any atom is -0.456 e. The van der Waals surface area contributed by atoms with E-state index in [2.05, 4.69) is 28.2 Å². The van der Waals surface area contributed by atoms with E-state index in [0.717, 1.165) is 30.2 Å². The number of ether oxygens (including phenoxy) is 1. The zero-order chi connectivity index (χ0) is 30.2. The number of carbonyl (C=O) groups is 5. The first-order chi connectivity index (χ1) is 19.3. The molecule has 3 saturated carbocycles. The maximum Gasteiger partial charge on any atom is 0.329 e. The highest BCUT2D eigenvalue weighted by molar-refractivity contribution is 9.09. The fraction of sp³-hybridized carbons (Fsp3) is 0.700. The van der Waals surface area contributed by atoms with Crippen molar-refractivity contribution in [1.82, 2.24) is 5.32 Å². The van der Waals surface area contributed by atoms with E-state index in [1.807, 2.05) is 13.0 Å². The number of ketones is 2. The number of fused-ring (bicyclic) bond motifs is 5. The zero-order valence-corrected chi connectivity index (χ0v) is 26.2. The molecule has 4 aliphatic carbocycles. The Morgan fingerprint density at radius 1 is 1.24 bits per heavy atom. The Hall–Kier alpha value is -1.82. The van der Waals surface area contributed by atoms with Crippen molar-refractivity contribution in [2.24, 2.45) is 28.6 Å². The van der Waals surface area contributed by atoms with E-state index in [1.165, 1.54) is 6.92 Å². The molecule has 9 nitrogen and oxygen atoms in total. The van der Waals surface area contributed by atoms with Gasteiger partial charge in [0.15, 0.2) is 17.5 Å². The largest absolute Gasteiger partial charge is 0.456 e. The van der Waals surface area contributed by atoms with Crippen molar-refractivity contribution in [2.75, 3.05) is 17.7 Å². The van der Waals surface area contributed by atoms with Gasteiger partial charge in [-0.1, -0.05) is 53.2 Å². The highest BCUT2D eigenvalue weighted by Crippen LogP contribution is 2.67. The summed E-state index contributed by atoms with van der Waals surface area (Å²) in [7, 11) is 0. The monoisotopic (exact) mass is 653 g/mol. The summed E-state index contributed by atoms with van der Waals surface area (Å²) < 4.78 is 5.31. The smallest absolute Gasteiger partial charge is 0.329 e. The number of carbonyl (C=O) groups excluding carboxylic acids is 5. The van der Waals surface area contributed by atoms with Gasteiger partial charge in [-0.05, 0) is 62.5 Å². The van der Waals surface area contributed by atoms with Gasteiger partial charge in [0.1, 0.15) is 11.6 Å². The van der Waals surface area contributed by atoms with Crippen molar-refractivity contribution < 1.29 is 38.9 Å². The summed E-state index contributed by atoms with van der Waals surface area (Å²) in [6.07, 6.45) is 7.83. The second-order valence-corrected chi connectivity index (χ2v) is 14.2. The molecule has 0 saturated heterocycles. The number of aliphatic hydroxyl groups is 2. The Kier molecular flexibility index (Phi) is 9.73. The number of Topliss-reactive ketones (excluding diaryl/α,β-unsaturated/α-hetero) is 1. The summed E-state index contributed by atoms with van der Waals surface area (Å²) >= 11 is 4.19. The lowest BCUT2D eigenvalue weighted by molar-refractivity contribution is -0.181. The van der Waals surface area contributed by atoms with E-state index < -0.39 is 52.8 Å². The van der Waals surface area contributed by atoms with Crippen LogP contribution in [0.2, 0.25) is 0 Å². The number of hydrogen-bond donors (Lipinski definition) is 3. The third-order valence-electron chi connectivity index (χ3n) is 10.0. The second-order valence-electron chi connectivity index (χ2n) is 12.4. The Bertz CT molecular complexity index is 1170. The quantitative estimate of drug-likeness (QED) is 0.239. The second kappa shape index (κ2) is 12.4. The molecule has 0 aromatic rings. The summed E-state index contributed by atoms with van der Waals surface area (Å²) in [4.78, 5) is 62.1. The van der Waals surface area contributed by atoms with Gasteiger partial charge in [0.05, 0.1) is 6.10 Å². The van der Waals surface area contributed by atoms with Crippen LogP contribution in [0, 0.1) is 28.6 Å². The summed E-state index contributed by atoms with van der Waals surface area (Å²) in [5.41, 5.74) is -2.13. The van der Waals surface area contributed by atoms with Gasteiger partial charge in [0.25, 0.3) is 0 Å². The Morgan fingerprint density at radius 3 is 2.66 bits per heavy atom. The fourth-order valence-corrected chi connectivity index (χ4v) is 9.16. The third-order valence-corrected chi connectivity index (χ3v) is 11.6. The van der Waals surface area contributed by atoms with Crippen LogP contribution in [0.5, 0.6) is 0 Å². The van der Waals surface area contributed by atoms with Crippen molar-refractivity contribution in [1.29, 1.82) is 0 Å². The average molecular weight is 655 g/mol. The van der Waals surface area contributed by atoms with Gasteiger partial charge in [0.2, 0.25) is 11.7 Å². The molecule has 8 atom stereocenters. The van der Waals surface area contributed by atoms with Gasteiger partial charge in [0, 0.05) is 41.2 Å². The van der Waals surface area contributed by atoms with Gasteiger partial charge < -0.3 is 20.3 Å².